The molecule has 0 saturated carbocycles. The maximum absolute atomic E-state index is 13.4. The van der Waals surface area contributed by atoms with Gasteiger partial charge in [-0.1, -0.05) is 18.2 Å². The average Bonchev–Trinajstić information content (AvgIpc) is 2.40. The Labute approximate surface area is 111 Å². The van der Waals surface area contributed by atoms with E-state index in [4.69, 9.17) is 0 Å². The molecule has 1 N–H and O–H groups in total. The fraction of sp³-hybridized carbons (Fsp3) is 0.200. The average molecular weight is 258 g/mol. The van der Waals surface area contributed by atoms with Gasteiger partial charge in [-0.15, -0.1) is 0 Å². The van der Waals surface area contributed by atoms with Crippen LogP contribution in [0.5, 0.6) is 0 Å². The molecule has 0 aliphatic carbocycles. The van der Waals surface area contributed by atoms with E-state index < -0.39 is 0 Å². The Balaban J connectivity index is 2.10. The summed E-state index contributed by atoms with van der Waals surface area (Å²) in [5, 5.41) is 2.72. The lowest BCUT2D eigenvalue weighted by Crippen LogP contribution is -2.24. The van der Waals surface area contributed by atoms with Crippen molar-refractivity contribution in [3.8, 4) is 0 Å². The van der Waals surface area contributed by atoms with E-state index in [1.165, 1.54) is 6.07 Å². The van der Waals surface area contributed by atoms with Gasteiger partial charge in [-0.2, -0.15) is 0 Å². The molecule has 2 rings (SSSR count). The van der Waals surface area contributed by atoms with Crippen LogP contribution < -0.4 is 5.32 Å². The molecule has 0 aliphatic rings. The lowest BCUT2D eigenvalue weighted by molar-refractivity contribution is 0.0949. The van der Waals surface area contributed by atoms with Crippen molar-refractivity contribution >= 4 is 5.91 Å². The van der Waals surface area contributed by atoms with Gasteiger partial charge in [0.2, 0.25) is 0 Å². The zero-order chi connectivity index (χ0) is 13.8. The molecule has 0 fully saturated rings. The minimum absolute atomic E-state index is 0.173. The van der Waals surface area contributed by atoms with Crippen molar-refractivity contribution in [3.63, 3.8) is 0 Å². The number of aromatic nitrogens is 1. The summed E-state index contributed by atoms with van der Waals surface area (Å²) in [5.74, 6) is -0.531. The van der Waals surface area contributed by atoms with Gasteiger partial charge in [0.25, 0.3) is 5.91 Å². The number of benzene rings is 1. The van der Waals surface area contributed by atoms with Gasteiger partial charge in [0.15, 0.2) is 0 Å². The van der Waals surface area contributed by atoms with Crippen LogP contribution in [0.4, 0.5) is 4.39 Å². The molecular weight excluding hydrogens is 243 g/mol. The molecule has 2 aromatic rings. The summed E-state index contributed by atoms with van der Waals surface area (Å²) < 4.78 is 13.4. The fourth-order valence-electron chi connectivity index (χ4n) is 1.80. The molecule has 0 unspecified atom stereocenters. The Morgan fingerprint density at radius 2 is 2.00 bits per heavy atom. The standard InChI is InChI=1S/C15H15FN2O/c1-10-11(2)17-8-7-13(10)15(19)18-9-12-5-3-4-6-14(12)16/h3-8H,9H2,1-2H3,(H,18,19). The highest BCUT2D eigenvalue weighted by Crippen LogP contribution is 2.11. The van der Waals surface area contributed by atoms with Crippen molar-refractivity contribution in [2.45, 2.75) is 20.4 Å². The van der Waals surface area contributed by atoms with Crippen LogP contribution in [0.1, 0.15) is 27.2 Å². The molecule has 0 radical (unpaired) electrons. The first-order chi connectivity index (χ1) is 9.09. The van der Waals surface area contributed by atoms with Gasteiger partial charge < -0.3 is 5.32 Å². The summed E-state index contributed by atoms with van der Waals surface area (Å²) in [6.07, 6.45) is 1.60. The molecule has 19 heavy (non-hydrogen) atoms. The highest BCUT2D eigenvalue weighted by Gasteiger charge is 2.11. The predicted octanol–water partition coefficient (Wildman–Crippen LogP) is 2.77. The highest BCUT2D eigenvalue weighted by atomic mass is 19.1. The zero-order valence-corrected chi connectivity index (χ0v) is 10.9. The molecule has 1 aromatic carbocycles. The first-order valence-corrected chi connectivity index (χ1v) is 6.03. The number of aryl methyl sites for hydroxylation is 1. The first kappa shape index (κ1) is 13.2. The smallest absolute Gasteiger partial charge is 0.251 e. The Morgan fingerprint density at radius 3 is 2.74 bits per heavy atom. The third kappa shape index (κ3) is 2.96. The van der Waals surface area contributed by atoms with Gasteiger partial charge >= 0.3 is 0 Å². The number of nitrogens with zero attached hydrogens (tertiary/aromatic N) is 1. The minimum atomic E-state index is -0.314. The number of pyridine rings is 1. The summed E-state index contributed by atoms with van der Waals surface area (Å²) >= 11 is 0. The van der Waals surface area contributed by atoms with Crippen LogP contribution in [0, 0.1) is 19.7 Å². The number of hydrogen-bond acceptors (Lipinski definition) is 2. The Bertz CT molecular complexity index is 611. The van der Waals surface area contributed by atoms with E-state index >= 15 is 0 Å². The topological polar surface area (TPSA) is 42.0 Å². The summed E-state index contributed by atoms with van der Waals surface area (Å²) in [6, 6.07) is 8.06. The summed E-state index contributed by atoms with van der Waals surface area (Å²) in [7, 11) is 0. The van der Waals surface area contributed by atoms with Gasteiger partial charge in [0, 0.05) is 29.6 Å². The number of nitrogens with one attached hydrogen (secondary N) is 1. The molecule has 1 heterocycles. The molecule has 98 valence electrons. The fourth-order valence-corrected chi connectivity index (χ4v) is 1.80. The van der Waals surface area contributed by atoms with Crippen LogP contribution in [-0.2, 0) is 6.54 Å². The number of rotatable bonds is 3. The second kappa shape index (κ2) is 5.61. The molecule has 0 atom stereocenters. The normalized spacial score (nSPS) is 10.3. The van der Waals surface area contributed by atoms with E-state index in [9.17, 15) is 9.18 Å². The van der Waals surface area contributed by atoms with Gasteiger partial charge in [-0.3, -0.25) is 9.78 Å². The Hall–Kier alpha value is -2.23. The lowest BCUT2D eigenvalue weighted by Gasteiger charge is -2.09. The molecule has 0 saturated heterocycles. The maximum Gasteiger partial charge on any atom is 0.251 e. The molecular formula is C15H15FN2O. The van der Waals surface area contributed by atoms with E-state index in [1.54, 1.807) is 30.5 Å². The quantitative estimate of drug-likeness (QED) is 0.919. The maximum atomic E-state index is 13.4. The third-order valence-corrected chi connectivity index (χ3v) is 3.10. The summed E-state index contributed by atoms with van der Waals surface area (Å²) in [5.41, 5.74) is 2.70. The number of carbonyl (C=O) groups excluding carboxylic acids is 1. The third-order valence-electron chi connectivity index (χ3n) is 3.10. The molecule has 1 amide bonds. The Morgan fingerprint density at radius 1 is 1.26 bits per heavy atom. The van der Waals surface area contributed by atoms with Crippen molar-refractivity contribution in [3.05, 3.63) is 64.7 Å². The monoisotopic (exact) mass is 258 g/mol. The van der Waals surface area contributed by atoms with Crippen LogP contribution in [0.3, 0.4) is 0 Å². The van der Waals surface area contributed by atoms with Crippen molar-refractivity contribution in [2.75, 3.05) is 0 Å². The Kier molecular flexibility index (Phi) is 3.90. The van der Waals surface area contributed by atoms with E-state index in [0.29, 0.717) is 11.1 Å². The summed E-state index contributed by atoms with van der Waals surface area (Å²) in [4.78, 5) is 16.2. The zero-order valence-electron chi connectivity index (χ0n) is 10.9. The highest BCUT2D eigenvalue weighted by molar-refractivity contribution is 5.95. The van der Waals surface area contributed by atoms with E-state index in [1.807, 2.05) is 13.8 Å². The SMILES string of the molecule is Cc1nccc(C(=O)NCc2ccccc2F)c1C. The van der Waals surface area contributed by atoms with Crippen molar-refractivity contribution in [1.82, 2.24) is 10.3 Å². The molecule has 0 aliphatic heterocycles. The second-order valence-corrected chi connectivity index (χ2v) is 4.34. The number of carbonyl (C=O) groups is 1. The van der Waals surface area contributed by atoms with E-state index in [0.717, 1.165) is 11.3 Å². The van der Waals surface area contributed by atoms with E-state index in [-0.39, 0.29) is 18.3 Å². The van der Waals surface area contributed by atoms with Gasteiger partial charge in [0.1, 0.15) is 5.82 Å². The largest absolute Gasteiger partial charge is 0.348 e. The van der Waals surface area contributed by atoms with Crippen LogP contribution in [0.25, 0.3) is 0 Å². The van der Waals surface area contributed by atoms with Gasteiger partial charge in [-0.25, -0.2) is 4.39 Å². The second-order valence-electron chi connectivity index (χ2n) is 4.34. The van der Waals surface area contributed by atoms with Crippen molar-refractivity contribution < 1.29 is 9.18 Å². The van der Waals surface area contributed by atoms with Gasteiger partial charge in [0.05, 0.1) is 0 Å². The molecule has 1 aromatic heterocycles. The minimum Gasteiger partial charge on any atom is -0.348 e. The number of hydrogen-bond donors (Lipinski definition) is 1. The van der Waals surface area contributed by atoms with Crippen LogP contribution in [0.15, 0.2) is 36.5 Å². The number of halogens is 1. The van der Waals surface area contributed by atoms with E-state index in [2.05, 4.69) is 10.3 Å². The summed E-state index contributed by atoms with van der Waals surface area (Å²) in [6.45, 7) is 3.87. The van der Waals surface area contributed by atoms with Crippen LogP contribution in [0.2, 0.25) is 0 Å². The van der Waals surface area contributed by atoms with Crippen molar-refractivity contribution in [2.24, 2.45) is 0 Å². The molecule has 0 bridgehead atoms. The number of amides is 1. The molecule has 4 heteroatoms. The molecule has 0 spiro atoms. The first-order valence-electron chi connectivity index (χ1n) is 6.03. The van der Waals surface area contributed by atoms with Gasteiger partial charge in [-0.05, 0) is 31.5 Å². The lowest BCUT2D eigenvalue weighted by atomic mass is 10.1. The predicted molar refractivity (Wildman–Crippen MR) is 71.3 cm³/mol. The molecule has 3 nitrogen and oxygen atoms in total. The van der Waals surface area contributed by atoms with Crippen LogP contribution in [-0.4, -0.2) is 10.9 Å². The van der Waals surface area contributed by atoms with Crippen LogP contribution >= 0.6 is 0 Å². The van der Waals surface area contributed by atoms with Crippen molar-refractivity contribution in [1.29, 1.82) is 0 Å².